The van der Waals surface area contributed by atoms with E-state index in [1.54, 1.807) is 17.1 Å². The Hall–Kier alpha value is -3.12. The lowest BCUT2D eigenvalue weighted by Crippen LogP contribution is -2.15. The van der Waals surface area contributed by atoms with Crippen LogP contribution in [-0.2, 0) is 4.79 Å². The SMILES string of the molecule is O=C(CSc1ccc2ccccc2c1)Nc1ccccc1-n1ccnn1. The topological polar surface area (TPSA) is 59.8 Å². The zero-order chi connectivity index (χ0) is 17.8. The highest BCUT2D eigenvalue weighted by atomic mass is 32.2. The first-order valence-electron chi connectivity index (χ1n) is 8.17. The monoisotopic (exact) mass is 360 g/mol. The van der Waals surface area contributed by atoms with Gasteiger partial charge < -0.3 is 5.32 Å². The normalized spacial score (nSPS) is 10.8. The number of hydrogen-bond acceptors (Lipinski definition) is 4. The van der Waals surface area contributed by atoms with E-state index in [2.05, 4.69) is 39.9 Å². The molecule has 128 valence electrons. The third-order valence-electron chi connectivity index (χ3n) is 3.94. The molecule has 4 rings (SSSR count). The van der Waals surface area contributed by atoms with E-state index < -0.39 is 0 Å². The smallest absolute Gasteiger partial charge is 0.234 e. The third-order valence-corrected chi connectivity index (χ3v) is 4.93. The second kappa shape index (κ2) is 7.41. The summed E-state index contributed by atoms with van der Waals surface area (Å²) >= 11 is 1.52. The minimum absolute atomic E-state index is 0.0595. The fraction of sp³-hybridized carbons (Fsp3) is 0.0500. The summed E-state index contributed by atoms with van der Waals surface area (Å²) in [7, 11) is 0. The van der Waals surface area contributed by atoms with Crippen LogP contribution in [0.3, 0.4) is 0 Å². The van der Waals surface area contributed by atoms with E-state index in [4.69, 9.17) is 0 Å². The Bertz CT molecular complexity index is 1050. The van der Waals surface area contributed by atoms with Crippen LogP contribution in [0.2, 0.25) is 0 Å². The molecule has 0 saturated heterocycles. The van der Waals surface area contributed by atoms with Gasteiger partial charge in [0.15, 0.2) is 0 Å². The molecule has 0 aliphatic carbocycles. The number of hydrogen-bond donors (Lipinski definition) is 1. The van der Waals surface area contributed by atoms with E-state index in [1.165, 1.54) is 22.5 Å². The standard InChI is InChI=1S/C20H16N4OS/c25-20(14-26-17-10-9-15-5-1-2-6-16(15)13-17)22-18-7-3-4-8-19(18)24-12-11-21-23-24/h1-13H,14H2,(H,22,25). The lowest BCUT2D eigenvalue weighted by Gasteiger charge is -2.10. The Labute approximate surface area is 155 Å². The number of anilines is 1. The maximum atomic E-state index is 12.4. The Morgan fingerprint density at radius 1 is 1.00 bits per heavy atom. The number of thioether (sulfide) groups is 1. The van der Waals surface area contributed by atoms with Crippen molar-refractivity contribution >= 4 is 34.1 Å². The molecule has 0 spiro atoms. The number of rotatable bonds is 5. The number of nitrogens with zero attached hydrogens (tertiary/aromatic N) is 3. The second-order valence-corrected chi connectivity index (χ2v) is 6.76. The molecule has 6 heteroatoms. The minimum Gasteiger partial charge on any atom is -0.323 e. The van der Waals surface area contributed by atoms with Gasteiger partial charge in [0.05, 0.1) is 29.5 Å². The summed E-state index contributed by atoms with van der Waals surface area (Å²) in [4.78, 5) is 13.5. The van der Waals surface area contributed by atoms with Crippen LogP contribution in [-0.4, -0.2) is 26.7 Å². The quantitative estimate of drug-likeness (QED) is 0.543. The van der Waals surface area contributed by atoms with Crippen molar-refractivity contribution in [3.05, 3.63) is 79.1 Å². The van der Waals surface area contributed by atoms with Gasteiger partial charge in [-0.3, -0.25) is 4.79 Å². The maximum absolute atomic E-state index is 12.4. The van der Waals surface area contributed by atoms with E-state index in [9.17, 15) is 4.79 Å². The van der Waals surface area contributed by atoms with Crippen molar-refractivity contribution in [2.75, 3.05) is 11.1 Å². The van der Waals surface area contributed by atoms with Gasteiger partial charge in [0, 0.05) is 4.90 Å². The predicted octanol–water partition coefficient (Wildman–Crippen LogP) is 4.15. The summed E-state index contributed by atoms with van der Waals surface area (Å²) in [6.07, 6.45) is 3.35. The Kier molecular flexibility index (Phi) is 4.66. The number of fused-ring (bicyclic) bond motifs is 1. The summed E-state index contributed by atoms with van der Waals surface area (Å²) in [5.74, 6) is 0.278. The summed E-state index contributed by atoms with van der Waals surface area (Å²) in [6.45, 7) is 0. The van der Waals surface area contributed by atoms with Crippen molar-refractivity contribution in [1.82, 2.24) is 15.0 Å². The molecule has 1 N–H and O–H groups in total. The first-order chi connectivity index (χ1) is 12.8. The van der Waals surface area contributed by atoms with Crippen molar-refractivity contribution in [2.24, 2.45) is 0 Å². The lowest BCUT2D eigenvalue weighted by molar-refractivity contribution is -0.113. The Balaban J connectivity index is 1.44. The molecule has 0 atom stereocenters. The van der Waals surface area contributed by atoms with Gasteiger partial charge in [0.2, 0.25) is 5.91 Å². The number of amides is 1. The highest BCUT2D eigenvalue weighted by Crippen LogP contribution is 2.24. The molecule has 5 nitrogen and oxygen atoms in total. The average Bonchev–Trinajstić information content (AvgIpc) is 3.21. The van der Waals surface area contributed by atoms with Crippen molar-refractivity contribution in [3.8, 4) is 5.69 Å². The molecule has 26 heavy (non-hydrogen) atoms. The highest BCUT2D eigenvalue weighted by Gasteiger charge is 2.09. The number of nitrogens with one attached hydrogen (secondary N) is 1. The van der Waals surface area contributed by atoms with Gasteiger partial charge in [-0.25, -0.2) is 4.68 Å². The molecule has 4 aromatic rings. The molecule has 0 fully saturated rings. The van der Waals surface area contributed by atoms with Crippen LogP contribution in [0.4, 0.5) is 5.69 Å². The third kappa shape index (κ3) is 3.60. The molecule has 0 radical (unpaired) electrons. The van der Waals surface area contributed by atoms with Gasteiger partial charge in [-0.1, -0.05) is 47.7 Å². The average molecular weight is 360 g/mol. The summed E-state index contributed by atoms with van der Waals surface area (Å²) in [5.41, 5.74) is 1.50. The van der Waals surface area contributed by atoms with Crippen LogP contribution >= 0.6 is 11.8 Å². The molecule has 1 heterocycles. The molecule has 0 aliphatic heterocycles. The summed E-state index contributed by atoms with van der Waals surface area (Å²) in [6, 6.07) is 22.0. The number of para-hydroxylation sites is 2. The maximum Gasteiger partial charge on any atom is 0.234 e. The van der Waals surface area contributed by atoms with Crippen LogP contribution in [0.1, 0.15) is 0 Å². The zero-order valence-corrected chi connectivity index (χ0v) is 14.7. The zero-order valence-electron chi connectivity index (χ0n) is 13.9. The summed E-state index contributed by atoms with van der Waals surface area (Å²) in [5, 5.41) is 13.1. The van der Waals surface area contributed by atoms with E-state index in [1.807, 2.05) is 42.5 Å². The number of benzene rings is 3. The van der Waals surface area contributed by atoms with Crippen LogP contribution in [0, 0.1) is 0 Å². The van der Waals surface area contributed by atoms with Gasteiger partial charge in [-0.2, -0.15) is 0 Å². The van der Waals surface area contributed by atoms with E-state index in [-0.39, 0.29) is 5.91 Å². The molecule has 1 aromatic heterocycles. The molecule has 0 bridgehead atoms. The molecule has 3 aromatic carbocycles. The summed E-state index contributed by atoms with van der Waals surface area (Å²) < 4.78 is 1.63. The number of carbonyl (C=O) groups is 1. The first kappa shape index (κ1) is 16.4. The van der Waals surface area contributed by atoms with Gasteiger partial charge in [0.25, 0.3) is 0 Å². The molecular formula is C20H16N4OS. The van der Waals surface area contributed by atoms with Crippen molar-refractivity contribution in [3.63, 3.8) is 0 Å². The molecule has 0 unspecified atom stereocenters. The number of aromatic nitrogens is 3. The Morgan fingerprint density at radius 2 is 1.81 bits per heavy atom. The molecule has 1 amide bonds. The van der Waals surface area contributed by atoms with Gasteiger partial charge >= 0.3 is 0 Å². The van der Waals surface area contributed by atoms with E-state index >= 15 is 0 Å². The van der Waals surface area contributed by atoms with Crippen LogP contribution in [0.25, 0.3) is 16.5 Å². The van der Waals surface area contributed by atoms with Crippen molar-refractivity contribution < 1.29 is 4.79 Å². The number of carbonyl (C=O) groups excluding carboxylic acids is 1. The van der Waals surface area contributed by atoms with Crippen molar-refractivity contribution in [2.45, 2.75) is 4.90 Å². The van der Waals surface area contributed by atoms with Gasteiger partial charge in [-0.05, 0) is 35.0 Å². The molecule has 0 saturated carbocycles. The Morgan fingerprint density at radius 3 is 2.65 bits per heavy atom. The van der Waals surface area contributed by atoms with Gasteiger partial charge in [0.1, 0.15) is 0 Å². The highest BCUT2D eigenvalue weighted by molar-refractivity contribution is 8.00. The van der Waals surface area contributed by atoms with Crippen LogP contribution in [0.15, 0.2) is 84.0 Å². The van der Waals surface area contributed by atoms with E-state index in [0.29, 0.717) is 11.4 Å². The minimum atomic E-state index is -0.0595. The van der Waals surface area contributed by atoms with Crippen molar-refractivity contribution in [1.29, 1.82) is 0 Å². The first-order valence-corrected chi connectivity index (χ1v) is 9.15. The van der Waals surface area contributed by atoms with Crippen LogP contribution < -0.4 is 5.32 Å². The fourth-order valence-corrected chi connectivity index (χ4v) is 3.45. The molecular weight excluding hydrogens is 344 g/mol. The second-order valence-electron chi connectivity index (χ2n) is 5.71. The van der Waals surface area contributed by atoms with Gasteiger partial charge in [-0.15, -0.1) is 16.9 Å². The van der Waals surface area contributed by atoms with Crippen LogP contribution in [0.5, 0.6) is 0 Å². The van der Waals surface area contributed by atoms with E-state index in [0.717, 1.165) is 10.6 Å². The molecule has 0 aliphatic rings. The fourth-order valence-electron chi connectivity index (χ4n) is 2.71. The predicted molar refractivity (Wildman–Crippen MR) is 105 cm³/mol. The largest absolute Gasteiger partial charge is 0.323 e. The lowest BCUT2D eigenvalue weighted by atomic mass is 10.1.